The molecule has 4 N–H and O–H groups in total. The van der Waals surface area contributed by atoms with Crippen molar-refractivity contribution in [1.29, 1.82) is 0 Å². The van der Waals surface area contributed by atoms with Crippen LogP contribution in [0.3, 0.4) is 0 Å². The Bertz CT molecular complexity index is 1760. The summed E-state index contributed by atoms with van der Waals surface area (Å²) in [7, 11) is 0. The van der Waals surface area contributed by atoms with Crippen molar-refractivity contribution in [2.24, 2.45) is 5.41 Å². The highest BCUT2D eigenvalue weighted by molar-refractivity contribution is 5.74. The van der Waals surface area contributed by atoms with Crippen molar-refractivity contribution in [2.45, 2.75) is 132 Å². The number of nitrogens with two attached hydrogens (primary N) is 2. The van der Waals surface area contributed by atoms with Gasteiger partial charge in [-0.1, -0.05) is 139 Å². The summed E-state index contributed by atoms with van der Waals surface area (Å²) in [6, 6.07) is 30.2. The standard InChI is InChI=1S/C47H62N2O4/c1-33-19-34(2)21-39(20-33)29-48-27-35-11-15-37(16-12-35)31-52-43(50)25-47(9,10)26-44(51)53-32-38-17-13-36(14-18-38)28-49-30-40-22-41(45(3,4)5)24-42(23-40)46(6,7)8/h11-24,48-49H,25-32H2,1-10H3/p+2. The van der Waals surface area contributed by atoms with E-state index in [9.17, 15) is 9.59 Å². The average molecular weight is 721 g/mol. The van der Waals surface area contributed by atoms with Gasteiger partial charge >= 0.3 is 11.9 Å². The minimum atomic E-state index is -0.580. The maximum atomic E-state index is 12.7. The first-order valence-corrected chi connectivity index (χ1v) is 19.2. The summed E-state index contributed by atoms with van der Waals surface area (Å²) in [6.07, 6.45) is 0.270. The number of rotatable bonds is 16. The van der Waals surface area contributed by atoms with Crippen LogP contribution in [-0.2, 0) is 69.3 Å². The third kappa shape index (κ3) is 14.2. The third-order valence-electron chi connectivity index (χ3n) is 9.62. The molecule has 284 valence electrons. The van der Waals surface area contributed by atoms with Crippen molar-refractivity contribution < 1.29 is 29.7 Å². The fourth-order valence-electron chi connectivity index (χ4n) is 6.49. The molecule has 0 unspecified atom stereocenters. The normalized spacial score (nSPS) is 12.1. The molecule has 4 rings (SSSR count). The van der Waals surface area contributed by atoms with E-state index in [1.165, 1.54) is 44.5 Å². The van der Waals surface area contributed by atoms with Gasteiger partial charge in [-0.3, -0.25) is 9.59 Å². The zero-order valence-electron chi connectivity index (χ0n) is 34.0. The first kappa shape index (κ1) is 41.5. The van der Waals surface area contributed by atoms with Crippen molar-refractivity contribution in [3.05, 3.63) is 141 Å². The molecular formula is C47H64N2O4+2. The number of carbonyl (C=O) groups excluding carboxylic acids is 2. The Morgan fingerprint density at radius 2 is 0.811 bits per heavy atom. The lowest BCUT2D eigenvalue weighted by molar-refractivity contribution is -0.686. The van der Waals surface area contributed by atoms with Gasteiger partial charge in [-0.15, -0.1) is 0 Å². The Balaban J connectivity index is 1.15. The van der Waals surface area contributed by atoms with Gasteiger partial charge in [0.1, 0.15) is 39.4 Å². The summed E-state index contributed by atoms with van der Waals surface area (Å²) in [6.45, 7) is 25.7. The topological polar surface area (TPSA) is 85.8 Å². The molecule has 0 radical (unpaired) electrons. The zero-order valence-corrected chi connectivity index (χ0v) is 34.0. The van der Waals surface area contributed by atoms with E-state index in [4.69, 9.17) is 9.47 Å². The van der Waals surface area contributed by atoms with Gasteiger partial charge in [0.25, 0.3) is 0 Å². The third-order valence-corrected chi connectivity index (χ3v) is 9.62. The van der Waals surface area contributed by atoms with Crippen LogP contribution in [0, 0.1) is 19.3 Å². The molecule has 0 saturated heterocycles. The Kier molecular flexibility index (Phi) is 14.2. The van der Waals surface area contributed by atoms with Crippen molar-refractivity contribution in [3.63, 3.8) is 0 Å². The summed E-state index contributed by atoms with van der Waals surface area (Å²) >= 11 is 0. The second kappa shape index (κ2) is 18.2. The Labute approximate surface area is 319 Å². The number of esters is 2. The van der Waals surface area contributed by atoms with Crippen LogP contribution in [0.25, 0.3) is 0 Å². The van der Waals surface area contributed by atoms with E-state index < -0.39 is 5.41 Å². The van der Waals surface area contributed by atoms with E-state index in [0.717, 1.165) is 37.3 Å². The van der Waals surface area contributed by atoms with Crippen molar-refractivity contribution in [3.8, 4) is 0 Å². The van der Waals surface area contributed by atoms with Crippen LogP contribution < -0.4 is 10.6 Å². The minimum Gasteiger partial charge on any atom is -0.461 e. The van der Waals surface area contributed by atoms with Crippen LogP contribution >= 0.6 is 0 Å². The SMILES string of the molecule is Cc1cc(C)cc(C[NH2+]Cc2ccc(COC(=O)CC(C)(C)CC(=O)OCc3ccc(C[NH2+]Cc4cc(C(C)(C)C)cc(C(C)(C)C)c4)cc3)cc2)c1. The molecule has 0 atom stereocenters. The predicted octanol–water partition coefficient (Wildman–Crippen LogP) is 8.02. The summed E-state index contributed by atoms with van der Waals surface area (Å²) in [5, 5.41) is 4.63. The van der Waals surface area contributed by atoms with Crippen molar-refractivity contribution in [1.82, 2.24) is 0 Å². The maximum absolute atomic E-state index is 12.7. The first-order chi connectivity index (χ1) is 24.8. The number of hydrogen-bond acceptors (Lipinski definition) is 4. The highest BCUT2D eigenvalue weighted by atomic mass is 16.5. The predicted molar refractivity (Wildman–Crippen MR) is 214 cm³/mol. The number of quaternary nitrogens is 2. The van der Waals surface area contributed by atoms with Gasteiger partial charge in [0.15, 0.2) is 0 Å². The highest BCUT2D eigenvalue weighted by Crippen LogP contribution is 2.30. The van der Waals surface area contributed by atoms with Gasteiger partial charge in [-0.2, -0.15) is 0 Å². The Morgan fingerprint density at radius 3 is 1.19 bits per heavy atom. The smallest absolute Gasteiger partial charge is 0.306 e. The zero-order chi connectivity index (χ0) is 38.8. The van der Waals surface area contributed by atoms with Gasteiger partial charge < -0.3 is 20.1 Å². The first-order valence-electron chi connectivity index (χ1n) is 19.2. The van der Waals surface area contributed by atoms with Crippen molar-refractivity contribution >= 4 is 11.9 Å². The van der Waals surface area contributed by atoms with Crippen molar-refractivity contribution in [2.75, 3.05) is 0 Å². The molecule has 0 aliphatic rings. The van der Waals surface area contributed by atoms with Crippen LogP contribution in [0.2, 0.25) is 0 Å². The Hall–Kier alpha value is -4.26. The molecule has 0 bridgehead atoms. The van der Waals surface area contributed by atoms with Gasteiger partial charge in [-0.05, 0) is 64.5 Å². The molecule has 6 nitrogen and oxygen atoms in total. The van der Waals surface area contributed by atoms with Crippen LogP contribution in [0.15, 0.2) is 84.9 Å². The minimum absolute atomic E-state index is 0.104. The summed E-state index contributed by atoms with van der Waals surface area (Å²) < 4.78 is 11.2. The molecular weight excluding hydrogens is 657 g/mol. The molecule has 0 amide bonds. The van der Waals surface area contributed by atoms with E-state index in [1.807, 2.05) is 38.1 Å². The molecule has 0 aliphatic carbocycles. The van der Waals surface area contributed by atoms with Crippen LogP contribution in [0.4, 0.5) is 0 Å². The van der Waals surface area contributed by atoms with Crippen LogP contribution in [0.1, 0.15) is 124 Å². The second-order valence-electron chi connectivity index (χ2n) is 17.8. The monoisotopic (exact) mass is 720 g/mol. The van der Waals surface area contributed by atoms with E-state index in [0.29, 0.717) is 0 Å². The lowest BCUT2D eigenvalue weighted by Crippen LogP contribution is -2.80. The number of aryl methyl sites for hydroxylation is 2. The fraction of sp³-hybridized carbons (Fsp3) is 0.447. The largest absolute Gasteiger partial charge is 0.461 e. The van der Waals surface area contributed by atoms with Gasteiger partial charge in [0, 0.05) is 22.3 Å². The fourth-order valence-corrected chi connectivity index (χ4v) is 6.49. The number of benzene rings is 4. The molecule has 4 aromatic carbocycles. The molecule has 6 heteroatoms. The van der Waals surface area contributed by atoms with Gasteiger partial charge in [0.2, 0.25) is 0 Å². The van der Waals surface area contributed by atoms with E-state index in [2.05, 4.69) is 127 Å². The molecule has 0 fully saturated rings. The summed E-state index contributed by atoms with van der Waals surface area (Å²) in [4.78, 5) is 25.4. The Morgan fingerprint density at radius 1 is 0.472 bits per heavy atom. The molecule has 0 spiro atoms. The molecule has 0 saturated carbocycles. The van der Waals surface area contributed by atoms with E-state index >= 15 is 0 Å². The average Bonchev–Trinajstić information content (AvgIpc) is 3.06. The summed E-state index contributed by atoms with van der Waals surface area (Å²) in [5.41, 5.74) is 12.0. The number of ether oxygens (including phenoxy) is 2. The summed E-state index contributed by atoms with van der Waals surface area (Å²) in [5.74, 6) is -0.644. The van der Waals surface area contributed by atoms with Crippen LogP contribution in [-0.4, -0.2) is 11.9 Å². The van der Waals surface area contributed by atoms with E-state index in [1.54, 1.807) is 0 Å². The lowest BCUT2D eigenvalue weighted by Gasteiger charge is -2.26. The maximum Gasteiger partial charge on any atom is 0.306 e. The number of hydrogen-bond donors (Lipinski definition) is 2. The molecule has 0 heterocycles. The number of carbonyl (C=O) groups is 2. The lowest BCUT2D eigenvalue weighted by atomic mass is 9.79. The van der Waals surface area contributed by atoms with E-state index in [-0.39, 0.29) is 48.8 Å². The molecule has 53 heavy (non-hydrogen) atoms. The quantitative estimate of drug-likeness (QED) is 0.115. The second-order valence-corrected chi connectivity index (χ2v) is 17.8. The van der Waals surface area contributed by atoms with Gasteiger partial charge in [0.05, 0.1) is 12.8 Å². The van der Waals surface area contributed by atoms with Gasteiger partial charge in [-0.25, -0.2) is 0 Å². The molecule has 0 aromatic heterocycles. The molecule has 4 aromatic rings. The van der Waals surface area contributed by atoms with Crippen LogP contribution in [0.5, 0.6) is 0 Å². The highest BCUT2D eigenvalue weighted by Gasteiger charge is 2.27. The molecule has 0 aliphatic heterocycles.